The summed E-state index contributed by atoms with van der Waals surface area (Å²) in [7, 11) is 0. The number of rotatable bonds is 1. The molecule has 4 aliphatic rings. The first kappa shape index (κ1) is 16.1. The Balaban J connectivity index is 1.61. The number of fused-ring (bicyclic) bond motifs is 5. The Bertz CT molecular complexity index is 498. The Morgan fingerprint density at radius 1 is 1.00 bits per heavy atom. The molecular weight excluding hydrogens is 284 g/mol. The molecule has 4 fully saturated rings. The van der Waals surface area contributed by atoms with E-state index < -0.39 is 0 Å². The average molecular weight is 319 g/mol. The van der Waals surface area contributed by atoms with Crippen molar-refractivity contribution in [3.8, 4) is 0 Å². The number of carbonyl (C=O) groups excluding carboxylic acids is 1. The van der Waals surface area contributed by atoms with Crippen LogP contribution in [-0.4, -0.2) is 17.0 Å². The molecule has 0 amide bonds. The van der Waals surface area contributed by atoms with Crippen molar-refractivity contribution in [2.75, 3.05) is 0 Å². The summed E-state index contributed by atoms with van der Waals surface area (Å²) in [4.78, 5) is 11.9. The second kappa shape index (κ2) is 5.31. The number of carbonyl (C=O) groups is 1. The largest absolute Gasteiger partial charge is 0.393 e. The van der Waals surface area contributed by atoms with Crippen LogP contribution in [0.25, 0.3) is 0 Å². The second-order valence-corrected chi connectivity index (χ2v) is 9.87. The zero-order valence-corrected chi connectivity index (χ0v) is 15.2. The summed E-state index contributed by atoms with van der Waals surface area (Å²) in [5, 5.41) is 10.3. The van der Waals surface area contributed by atoms with Crippen molar-refractivity contribution in [2.24, 2.45) is 40.4 Å². The van der Waals surface area contributed by atoms with Crippen molar-refractivity contribution >= 4 is 5.78 Å². The van der Waals surface area contributed by atoms with Gasteiger partial charge in [0.05, 0.1) is 6.10 Å². The summed E-state index contributed by atoms with van der Waals surface area (Å²) < 4.78 is 0. The van der Waals surface area contributed by atoms with Crippen molar-refractivity contribution in [3.05, 3.63) is 0 Å². The van der Waals surface area contributed by atoms with Crippen molar-refractivity contribution in [1.29, 1.82) is 0 Å². The highest BCUT2D eigenvalue weighted by Crippen LogP contribution is 2.67. The number of hydrogen-bond donors (Lipinski definition) is 1. The normalized spacial score (nSPS) is 54.1. The molecule has 4 aliphatic carbocycles. The van der Waals surface area contributed by atoms with Crippen LogP contribution >= 0.6 is 0 Å². The van der Waals surface area contributed by atoms with Gasteiger partial charge < -0.3 is 5.11 Å². The minimum absolute atomic E-state index is 0.152. The van der Waals surface area contributed by atoms with Crippen LogP contribution in [0.2, 0.25) is 0 Å². The predicted octanol–water partition coefficient (Wildman–Crippen LogP) is 4.60. The van der Waals surface area contributed by atoms with Crippen LogP contribution in [0.4, 0.5) is 0 Å². The van der Waals surface area contributed by atoms with Crippen LogP contribution < -0.4 is 0 Å². The fourth-order valence-electron chi connectivity index (χ4n) is 7.88. The molecule has 0 aliphatic heterocycles. The van der Waals surface area contributed by atoms with Gasteiger partial charge >= 0.3 is 0 Å². The number of ketones is 1. The molecule has 1 N–H and O–H groups in total. The third-order valence-corrected chi connectivity index (χ3v) is 9.14. The molecule has 23 heavy (non-hydrogen) atoms. The van der Waals surface area contributed by atoms with Crippen LogP contribution in [0.15, 0.2) is 0 Å². The maximum Gasteiger partial charge on any atom is 0.133 e. The number of Topliss-reactive ketones (excluding diaryl/α,β-unsaturated/α-hetero) is 1. The van der Waals surface area contributed by atoms with E-state index in [0.717, 1.165) is 37.0 Å². The molecule has 4 saturated carbocycles. The van der Waals surface area contributed by atoms with Gasteiger partial charge in [0, 0.05) is 12.8 Å². The molecular formula is C21H34O2. The number of hydrogen-bond acceptors (Lipinski definition) is 2. The molecule has 0 saturated heterocycles. The highest BCUT2D eigenvalue weighted by atomic mass is 16.3. The Hall–Kier alpha value is -0.370. The Kier molecular flexibility index (Phi) is 3.72. The molecule has 0 heterocycles. The minimum atomic E-state index is -0.152. The molecule has 2 nitrogen and oxygen atoms in total. The monoisotopic (exact) mass is 318 g/mol. The van der Waals surface area contributed by atoms with Gasteiger partial charge in [-0.1, -0.05) is 13.8 Å². The van der Waals surface area contributed by atoms with Gasteiger partial charge in [-0.2, -0.15) is 0 Å². The highest BCUT2D eigenvalue weighted by Gasteiger charge is 2.60. The van der Waals surface area contributed by atoms with Gasteiger partial charge in [0.15, 0.2) is 0 Å². The topological polar surface area (TPSA) is 37.3 Å². The minimum Gasteiger partial charge on any atom is -0.393 e. The number of aliphatic hydroxyl groups excluding tert-OH is 1. The van der Waals surface area contributed by atoms with E-state index in [4.69, 9.17) is 0 Å². The van der Waals surface area contributed by atoms with Gasteiger partial charge in [0.2, 0.25) is 0 Å². The third kappa shape index (κ3) is 2.19. The lowest BCUT2D eigenvalue weighted by atomic mass is 9.44. The SMILES string of the molecule is CC(O)[C@H]1CCC2C3CCC4CC(=O)CC[C@]4(C)C3CC[C@@]21C. The Morgan fingerprint density at radius 2 is 1.74 bits per heavy atom. The number of aliphatic hydroxyl groups is 1. The van der Waals surface area contributed by atoms with Gasteiger partial charge in [-0.15, -0.1) is 0 Å². The second-order valence-electron chi connectivity index (χ2n) is 9.87. The van der Waals surface area contributed by atoms with Gasteiger partial charge in [-0.25, -0.2) is 0 Å². The molecule has 4 rings (SSSR count). The maximum absolute atomic E-state index is 11.9. The molecule has 130 valence electrons. The zero-order valence-electron chi connectivity index (χ0n) is 15.2. The van der Waals surface area contributed by atoms with E-state index in [0.29, 0.717) is 28.4 Å². The molecule has 5 unspecified atom stereocenters. The van der Waals surface area contributed by atoms with E-state index >= 15 is 0 Å². The third-order valence-electron chi connectivity index (χ3n) is 9.14. The molecule has 8 atom stereocenters. The summed E-state index contributed by atoms with van der Waals surface area (Å²) in [6.45, 7) is 7.01. The fourth-order valence-corrected chi connectivity index (χ4v) is 7.88. The summed E-state index contributed by atoms with van der Waals surface area (Å²) in [6.07, 6.45) is 10.5. The maximum atomic E-state index is 11.9. The van der Waals surface area contributed by atoms with Crippen LogP contribution in [0.1, 0.15) is 78.6 Å². The Morgan fingerprint density at radius 3 is 2.48 bits per heavy atom. The van der Waals surface area contributed by atoms with Crippen LogP contribution in [0.5, 0.6) is 0 Å². The predicted molar refractivity (Wildman–Crippen MR) is 91.9 cm³/mol. The first-order valence-electron chi connectivity index (χ1n) is 10.1. The van der Waals surface area contributed by atoms with E-state index in [2.05, 4.69) is 13.8 Å². The first-order chi connectivity index (χ1) is 10.9. The fraction of sp³-hybridized carbons (Fsp3) is 0.952. The standard InChI is InChI=1S/C21H34O2/c1-13(22)17-6-7-18-16-5-4-14-12-15(23)8-10-20(14,2)19(16)9-11-21(17,18)3/h13-14,16-19,22H,4-12H2,1-3H3/t13?,14?,16?,17-,18?,19?,20+,21-/m1/s1. The molecule has 0 aromatic rings. The molecule has 0 aromatic carbocycles. The smallest absolute Gasteiger partial charge is 0.133 e. The van der Waals surface area contributed by atoms with Gasteiger partial charge in [0.1, 0.15) is 5.78 Å². The molecule has 0 aromatic heterocycles. The van der Waals surface area contributed by atoms with E-state index in [-0.39, 0.29) is 6.10 Å². The van der Waals surface area contributed by atoms with Crippen molar-refractivity contribution in [3.63, 3.8) is 0 Å². The van der Waals surface area contributed by atoms with E-state index in [1.807, 2.05) is 6.92 Å². The molecule has 0 radical (unpaired) electrons. The average Bonchev–Trinajstić information content (AvgIpc) is 2.85. The lowest BCUT2D eigenvalue weighted by Crippen LogP contribution is -2.54. The Labute approximate surface area is 141 Å². The summed E-state index contributed by atoms with van der Waals surface area (Å²) in [6, 6.07) is 0. The summed E-state index contributed by atoms with van der Waals surface area (Å²) in [5.74, 6) is 4.18. The van der Waals surface area contributed by atoms with Gasteiger partial charge in [-0.3, -0.25) is 4.79 Å². The summed E-state index contributed by atoms with van der Waals surface area (Å²) in [5.41, 5.74) is 0.782. The lowest BCUT2D eigenvalue weighted by molar-refractivity contribution is -0.141. The van der Waals surface area contributed by atoms with E-state index in [1.165, 1.54) is 38.5 Å². The van der Waals surface area contributed by atoms with Crippen LogP contribution in [0.3, 0.4) is 0 Å². The van der Waals surface area contributed by atoms with Crippen LogP contribution in [0, 0.1) is 40.4 Å². The highest BCUT2D eigenvalue weighted by molar-refractivity contribution is 5.79. The van der Waals surface area contributed by atoms with Crippen molar-refractivity contribution < 1.29 is 9.90 Å². The van der Waals surface area contributed by atoms with E-state index in [9.17, 15) is 9.90 Å². The molecule has 0 bridgehead atoms. The van der Waals surface area contributed by atoms with E-state index in [1.54, 1.807) is 0 Å². The van der Waals surface area contributed by atoms with Crippen molar-refractivity contribution in [2.45, 2.75) is 84.7 Å². The van der Waals surface area contributed by atoms with Gasteiger partial charge in [-0.05, 0) is 92.3 Å². The van der Waals surface area contributed by atoms with Gasteiger partial charge in [0.25, 0.3) is 0 Å². The molecule has 0 spiro atoms. The quantitative estimate of drug-likeness (QED) is 0.767. The summed E-state index contributed by atoms with van der Waals surface area (Å²) >= 11 is 0. The van der Waals surface area contributed by atoms with Crippen molar-refractivity contribution in [1.82, 2.24) is 0 Å². The first-order valence-corrected chi connectivity index (χ1v) is 10.1. The molecule has 2 heteroatoms. The lowest BCUT2D eigenvalue weighted by Gasteiger charge is -2.60. The van der Waals surface area contributed by atoms with Crippen LogP contribution in [-0.2, 0) is 4.79 Å². The zero-order chi connectivity index (χ0) is 16.4.